The summed E-state index contributed by atoms with van der Waals surface area (Å²) in [6.07, 6.45) is 3.88. The third kappa shape index (κ3) is 5.49. The van der Waals surface area contributed by atoms with Gasteiger partial charge in [0.25, 0.3) is 0 Å². The number of carbonyl (C=O) groups is 1. The summed E-state index contributed by atoms with van der Waals surface area (Å²) in [6.45, 7) is 2.02. The highest BCUT2D eigenvalue weighted by molar-refractivity contribution is 5.89. The fourth-order valence-corrected chi connectivity index (χ4v) is 3.17. The zero-order valence-electron chi connectivity index (χ0n) is 15.1. The van der Waals surface area contributed by atoms with E-state index in [-0.39, 0.29) is 12.1 Å². The minimum absolute atomic E-state index is 0.0776. The summed E-state index contributed by atoms with van der Waals surface area (Å²) in [5, 5.41) is 2.94. The van der Waals surface area contributed by atoms with Crippen molar-refractivity contribution in [2.75, 3.05) is 25.0 Å². The highest BCUT2D eigenvalue weighted by atomic mass is 16.5. The van der Waals surface area contributed by atoms with Gasteiger partial charge in [-0.05, 0) is 43.4 Å². The van der Waals surface area contributed by atoms with E-state index < -0.39 is 0 Å². The zero-order valence-corrected chi connectivity index (χ0v) is 15.1. The molecule has 1 atom stereocenters. The van der Waals surface area contributed by atoms with Crippen LogP contribution in [-0.2, 0) is 6.42 Å². The number of carbonyl (C=O) groups excluding carboxylic acids is 1. The highest BCUT2D eigenvalue weighted by Gasteiger charge is 2.21. The van der Waals surface area contributed by atoms with Crippen molar-refractivity contribution in [1.29, 1.82) is 0 Å². The molecule has 0 bridgehead atoms. The summed E-state index contributed by atoms with van der Waals surface area (Å²) < 4.78 is 5.83. The number of amides is 2. The number of likely N-dealkylation sites (tertiary alicyclic amines) is 1. The van der Waals surface area contributed by atoms with Crippen molar-refractivity contribution in [3.8, 4) is 5.75 Å². The molecule has 1 aliphatic rings. The average molecular weight is 353 g/mol. The Bertz CT molecular complexity index is 705. The molecule has 1 fully saturated rings. The van der Waals surface area contributed by atoms with Gasteiger partial charge >= 0.3 is 6.03 Å². The quantitative estimate of drug-likeness (QED) is 0.779. The van der Waals surface area contributed by atoms with Crippen molar-refractivity contribution in [3.63, 3.8) is 0 Å². The molecule has 3 rings (SSSR count). The molecule has 0 spiro atoms. The second-order valence-electron chi connectivity index (χ2n) is 6.74. The van der Waals surface area contributed by atoms with Gasteiger partial charge in [0.1, 0.15) is 5.75 Å². The van der Waals surface area contributed by atoms with Crippen molar-refractivity contribution in [3.05, 3.63) is 60.2 Å². The molecule has 5 nitrogen and oxygen atoms in total. The number of piperidine rings is 1. The Balaban J connectivity index is 1.46. The third-order valence-electron chi connectivity index (χ3n) is 4.55. The molecule has 5 heteroatoms. The van der Waals surface area contributed by atoms with E-state index in [4.69, 9.17) is 10.5 Å². The van der Waals surface area contributed by atoms with E-state index in [2.05, 4.69) is 29.6 Å². The maximum absolute atomic E-state index is 12.4. The molecule has 0 unspecified atom stereocenters. The fourth-order valence-electron chi connectivity index (χ4n) is 3.17. The van der Waals surface area contributed by atoms with Gasteiger partial charge in [0.2, 0.25) is 0 Å². The number of nitrogens with one attached hydrogen (secondary N) is 1. The number of benzene rings is 2. The first-order valence-electron chi connectivity index (χ1n) is 9.29. The van der Waals surface area contributed by atoms with E-state index in [0.717, 1.165) is 43.7 Å². The summed E-state index contributed by atoms with van der Waals surface area (Å²) >= 11 is 0. The van der Waals surface area contributed by atoms with Crippen LogP contribution in [0.2, 0.25) is 0 Å². The Morgan fingerprint density at radius 2 is 2.04 bits per heavy atom. The minimum atomic E-state index is -0.0959. The molecule has 0 radical (unpaired) electrons. The number of aryl methyl sites for hydroxylation is 1. The van der Waals surface area contributed by atoms with Crippen LogP contribution in [0.3, 0.4) is 0 Å². The van der Waals surface area contributed by atoms with E-state index in [0.29, 0.717) is 13.2 Å². The lowest BCUT2D eigenvalue weighted by atomic mass is 10.1. The molecule has 2 aromatic carbocycles. The van der Waals surface area contributed by atoms with Crippen LogP contribution in [0.25, 0.3) is 0 Å². The number of hydrogen-bond donors (Lipinski definition) is 2. The lowest BCUT2D eigenvalue weighted by Crippen LogP contribution is -2.47. The summed E-state index contributed by atoms with van der Waals surface area (Å²) in [6, 6.07) is 17.9. The zero-order chi connectivity index (χ0) is 18.2. The van der Waals surface area contributed by atoms with E-state index >= 15 is 0 Å². The van der Waals surface area contributed by atoms with Crippen molar-refractivity contribution in [2.45, 2.75) is 31.7 Å². The molecule has 0 aliphatic carbocycles. The first-order chi connectivity index (χ1) is 12.7. The Hall–Kier alpha value is -2.53. The van der Waals surface area contributed by atoms with E-state index in [1.165, 1.54) is 5.56 Å². The van der Waals surface area contributed by atoms with Crippen LogP contribution in [-0.4, -0.2) is 36.7 Å². The molecule has 1 saturated heterocycles. The Kier molecular flexibility index (Phi) is 6.50. The molecule has 138 valence electrons. The van der Waals surface area contributed by atoms with Crippen LogP contribution in [0, 0.1) is 0 Å². The first kappa shape index (κ1) is 18.3. The van der Waals surface area contributed by atoms with E-state index in [1.54, 1.807) is 4.90 Å². The lowest BCUT2D eigenvalue weighted by Gasteiger charge is -2.30. The molecule has 2 aromatic rings. The van der Waals surface area contributed by atoms with Crippen LogP contribution in [0.5, 0.6) is 5.75 Å². The average Bonchev–Trinajstić information content (AvgIpc) is 2.66. The Morgan fingerprint density at radius 1 is 1.19 bits per heavy atom. The maximum atomic E-state index is 12.4. The van der Waals surface area contributed by atoms with Gasteiger partial charge in [0, 0.05) is 30.9 Å². The topological polar surface area (TPSA) is 67.6 Å². The molecular formula is C21H27N3O2. The van der Waals surface area contributed by atoms with Crippen LogP contribution in [0.4, 0.5) is 10.5 Å². The number of hydrogen-bond acceptors (Lipinski definition) is 3. The second kappa shape index (κ2) is 9.25. The number of ether oxygens (including phenoxy) is 1. The van der Waals surface area contributed by atoms with Gasteiger partial charge in [-0.1, -0.05) is 36.4 Å². The summed E-state index contributed by atoms with van der Waals surface area (Å²) in [5.41, 5.74) is 8.01. The number of rotatable bonds is 6. The molecular weight excluding hydrogens is 326 g/mol. The van der Waals surface area contributed by atoms with E-state index in [1.807, 2.05) is 30.3 Å². The maximum Gasteiger partial charge on any atom is 0.321 e. The van der Waals surface area contributed by atoms with Gasteiger partial charge in [-0.3, -0.25) is 0 Å². The smallest absolute Gasteiger partial charge is 0.321 e. The van der Waals surface area contributed by atoms with Crippen molar-refractivity contribution in [1.82, 2.24) is 4.90 Å². The fraction of sp³-hybridized carbons (Fsp3) is 0.381. The lowest BCUT2D eigenvalue weighted by molar-refractivity contribution is 0.193. The molecule has 1 heterocycles. The number of anilines is 1. The Labute approximate surface area is 155 Å². The van der Waals surface area contributed by atoms with Gasteiger partial charge in [-0.2, -0.15) is 0 Å². The van der Waals surface area contributed by atoms with Crippen molar-refractivity contribution < 1.29 is 9.53 Å². The standard InChI is InChI=1S/C21H27N3O2/c22-18-10-5-13-24(16-18)21(25)23-19-11-4-12-20(15-19)26-14-6-9-17-7-2-1-3-8-17/h1-4,7-8,11-12,15,18H,5-6,9-10,13-14,16,22H2,(H,23,25)/t18-/m0/s1. The van der Waals surface area contributed by atoms with Gasteiger partial charge in [-0.15, -0.1) is 0 Å². The van der Waals surface area contributed by atoms with Crippen molar-refractivity contribution >= 4 is 11.7 Å². The molecule has 0 saturated carbocycles. The van der Waals surface area contributed by atoms with Gasteiger partial charge in [-0.25, -0.2) is 4.79 Å². The largest absolute Gasteiger partial charge is 0.494 e. The highest BCUT2D eigenvalue weighted by Crippen LogP contribution is 2.19. The first-order valence-corrected chi connectivity index (χ1v) is 9.29. The predicted molar refractivity (Wildman–Crippen MR) is 105 cm³/mol. The van der Waals surface area contributed by atoms with Crippen LogP contribution in [0.15, 0.2) is 54.6 Å². The molecule has 2 amide bonds. The van der Waals surface area contributed by atoms with Crippen LogP contribution >= 0.6 is 0 Å². The molecule has 26 heavy (non-hydrogen) atoms. The number of nitrogens with zero attached hydrogens (tertiary/aromatic N) is 1. The van der Waals surface area contributed by atoms with Gasteiger partial charge in [0.15, 0.2) is 0 Å². The van der Waals surface area contributed by atoms with Crippen molar-refractivity contribution in [2.24, 2.45) is 5.73 Å². The minimum Gasteiger partial charge on any atom is -0.494 e. The summed E-state index contributed by atoms with van der Waals surface area (Å²) in [7, 11) is 0. The predicted octanol–water partition coefficient (Wildman–Crippen LogP) is 3.65. The molecule has 3 N–H and O–H groups in total. The summed E-state index contributed by atoms with van der Waals surface area (Å²) in [4.78, 5) is 14.1. The van der Waals surface area contributed by atoms with Crippen LogP contribution < -0.4 is 15.8 Å². The van der Waals surface area contributed by atoms with Gasteiger partial charge in [0.05, 0.1) is 6.61 Å². The third-order valence-corrected chi connectivity index (χ3v) is 4.55. The number of urea groups is 1. The number of nitrogens with two attached hydrogens (primary N) is 1. The molecule has 1 aliphatic heterocycles. The SMILES string of the molecule is N[C@H]1CCCN(C(=O)Nc2cccc(OCCCc3ccccc3)c2)C1. The monoisotopic (exact) mass is 353 g/mol. The molecule has 0 aromatic heterocycles. The van der Waals surface area contributed by atoms with Crippen LogP contribution in [0.1, 0.15) is 24.8 Å². The summed E-state index contributed by atoms with van der Waals surface area (Å²) in [5.74, 6) is 0.770. The normalized spacial score (nSPS) is 17.0. The second-order valence-corrected chi connectivity index (χ2v) is 6.74. The van der Waals surface area contributed by atoms with E-state index in [9.17, 15) is 4.79 Å². The Morgan fingerprint density at radius 3 is 2.85 bits per heavy atom. The van der Waals surface area contributed by atoms with Gasteiger partial charge < -0.3 is 20.7 Å².